The Hall–Kier alpha value is -0.610. The third kappa shape index (κ3) is 3.19. The first kappa shape index (κ1) is 11.4. The van der Waals surface area contributed by atoms with Gasteiger partial charge in [0, 0.05) is 20.1 Å². The second-order valence-corrected chi connectivity index (χ2v) is 2.82. The van der Waals surface area contributed by atoms with E-state index in [9.17, 15) is 4.79 Å². The molecule has 0 aromatic rings. The van der Waals surface area contributed by atoms with E-state index in [-0.39, 0.29) is 18.4 Å². The lowest BCUT2D eigenvalue weighted by Gasteiger charge is -2.20. The Morgan fingerprint density at radius 2 is 2.25 bits per heavy atom. The largest absolute Gasteiger partial charge is 0.395 e. The van der Waals surface area contributed by atoms with Gasteiger partial charge in [-0.15, -0.1) is 0 Å². The summed E-state index contributed by atoms with van der Waals surface area (Å²) in [5.41, 5.74) is 5.41. The van der Waals surface area contributed by atoms with Crippen molar-refractivity contribution in [3.05, 3.63) is 0 Å². The van der Waals surface area contributed by atoms with Crippen molar-refractivity contribution in [3.63, 3.8) is 0 Å². The summed E-state index contributed by atoms with van der Waals surface area (Å²) in [5, 5.41) is 8.59. The molecule has 1 amide bonds. The lowest BCUT2D eigenvalue weighted by Crippen LogP contribution is -2.37. The summed E-state index contributed by atoms with van der Waals surface area (Å²) < 4.78 is 0. The lowest BCUT2D eigenvalue weighted by molar-refractivity contribution is -0.134. The standard InChI is InChI=1S/C8H18N2O2/c1-3-7(6-9)8(12)10(2)4-5-11/h7,11H,3-6,9H2,1-2H3. The van der Waals surface area contributed by atoms with Crippen molar-refractivity contribution in [2.24, 2.45) is 11.7 Å². The number of likely N-dealkylation sites (N-methyl/N-ethyl adjacent to an activating group) is 1. The normalized spacial score (nSPS) is 12.7. The smallest absolute Gasteiger partial charge is 0.226 e. The molecule has 0 rings (SSSR count). The molecule has 0 saturated heterocycles. The highest BCUT2D eigenvalue weighted by molar-refractivity contribution is 5.78. The maximum atomic E-state index is 11.4. The molecule has 0 spiro atoms. The molecule has 0 aliphatic rings. The van der Waals surface area contributed by atoms with E-state index in [1.807, 2.05) is 6.92 Å². The van der Waals surface area contributed by atoms with E-state index in [0.29, 0.717) is 13.1 Å². The van der Waals surface area contributed by atoms with Gasteiger partial charge in [0.2, 0.25) is 5.91 Å². The molecule has 0 aliphatic carbocycles. The third-order valence-corrected chi connectivity index (χ3v) is 1.94. The van der Waals surface area contributed by atoms with Crippen LogP contribution >= 0.6 is 0 Å². The van der Waals surface area contributed by atoms with Gasteiger partial charge in [-0.1, -0.05) is 6.92 Å². The Morgan fingerprint density at radius 1 is 1.67 bits per heavy atom. The molecule has 0 radical (unpaired) electrons. The molecule has 4 nitrogen and oxygen atoms in total. The minimum atomic E-state index is -0.0958. The van der Waals surface area contributed by atoms with E-state index >= 15 is 0 Å². The topological polar surface area (TPSA) is 66.6 Å². The number of hydrogen-bond acceptors (Lipinski definition) is 3. The molecule has 0 aliphatic heterocycles. The number of nitrogens with two attached hydrogens (primary N) is 1. The first-order valence-corrected chi connectivity index (χ1v) is 4.23. The van der Waals surface area contributed by atoms with E-state index in [4.69, 9.17) is 10.8 Å². The minimum Gasteiger partial charge on any atom is -0.395 e. The van der Waals surface area contributed by atoms with Crippen molar-refractivity contribution < 1.29 is 9.90 Å². The summed E-state index contributed by atoms with van der Waals surface area (Å²) in [6.45, 7) is 2.70. The highest BCUT2D eigenvalue weighted by Gasteiger charge is 2.17. The number of aliphatic hydroxyl groups excluding tert-OH is 1. The Bertz CT molecular complexity index is 135. The van der Waals surface area contributed by atoms with Crippen LogP contribution < -0.4 is 5.73 Å². The van der Waals surface area contributed by atoms with Crippen molar-refractivity contribution in [3.8, 4) is 0 Å². The minimum absolute atomic E-state index is 0.00322. The molecule has 1 atom stereocenters. The molecule has 0 aromatic carbocycles. The molecule has 12 heavy (non-hydrogen) atoms. The van der Waals surface area contributed by atoms with Crippen molar-refractivity contribution in [1.29, 1.82) is 0 Å². The predicted octanol–water partition coefficient (Wildman–Crippen LogP) is -0.578. The van der Waals surface area contributed by atoms with Gasteiger partial charge < -0.3 is 15.7 Å². The molecule has 0 bridgehead atoms. The summed E-state index contributed by atoms with van der Waals surface area (Å²) in [6, 6.07) is 0. The number of aliphatic hydroxyl groups is 1. The van der Waals surface area contributed by atoms with Crippen LogP contribution in [0.15, 0.2) is 0 Å². The zero-order chi connectivity index (χ0) is 9.56. The summed E-state index contributed by atoms with van der Waals surface area (Å²) >= 11 is 0. The van der Waals surface area contributed by atoms with Crippen molar-refractivity contribution in [2.45, 2.75) is 13.3 Å². The van der Waals surface area contributed by atoms with Crippen LogP contribution in [0.25, 0.3) is 0 Å². The Kier molecular flexibility index (Phi) is 5.66. The van der Waals surface area contributed by atoms with E-state index in [0.717, 1.165) is 6.42 Å². The van der Waals surface area contributed by atoms with E-state index in [2.05, 4.69) is 0 Å². The van der Waals surface area contributed by atoms with Crippen LogP contribution in [-0.2, 0) is 4.79 Å². The van der Waals surface area contributed by atoms with Gasteiger partial charge in [0.05, 0.1) is 12.5 Å². The molecule has 72 valence electrons. The maximum absolute atomic E-state index is 11.4. The van der Waals surface area contributed by atoms with Gasteiger partial charge in [-0.3, -0.25) is 4.79 Å². The average Bonchev–Trinajstić information content (AvgIpc) is 2.07. The molecule has 0 saturated carbocycles. The molecule has 3 N–H and O–H groups in total. The fourth-order valence-electron chi connectivity index (χ4n) is 1.01. The zero-order valence-electron chi connectivity index (χ0n) is 7.79. The molecular formula is C8H18N2O2. The van der Waals surface area contributed by atoms with Crippen molar-refractivity contribution >= 4 is 5.91 Å². The van der Waals surface area contributed by atoms with Gasteiger partial charge in [0.1, 0.15) is 0 Å². The fourth-order valence-corrected chi connectivity index (χ4v) is 1.01. The number of hydrogen-bond donors (Lipinski definition) is 2. The van der Waals surface area contributed by atoms with Crippen molar-refractivity contribution in [2.75, 3.05) is 26.7 Å². The van der Waals surface area contributed by atoms with Crippen LogP contribution in [0, 0.1) is 5.92 Å². The summed E-state index contributed by atoms with van der Waals surface area (Å²) in [6.07, 6.45) is 0.755. The Labute approximate surface area is 73.3 Å². The summed E-state index contributed by atoms with van der Waals surface area (Å²) in [5.74, 6) is -0.0735. The maximum Gasteiger partial charge on any atom is 0.226 e. The van der Waals surface area contributed by atoms with Gasteiger partial charge in [0.15, 0.2) is 0 Å². The van der Waals surface area contributed by atoms with E-state index in [1.54, 1.807) is 7.05 Å². The second-order valence-electron chi connectivity index (χ2n) is 2.82. The van der Waals surface area contributed by atoms with Gasteiger partial charge in [0.25, 0.3) is 0 Å². The van der Waals surface area contributed by atoms with Crippen LogP contribution in [0.1, 0.15) is 13.3 Å². The quantitative estimate of drug-likeness (QED) is 0.586. The Morgan fingerprint density at radius 3 is 2.58 bits per heavy atom. The lowest BCUT2D eigenvalue weighted by atomic mass is 10.1. The van der Waals surface area contributed by atoms with Gasteiger partial charge in [-0.25, -0.2) is 0 Å². The summed E-state index contributed by atoms with van der Waals surface area (Å²) in [4.78, 5) is 12.9. The number of carbonyl (C=O) groups excluding carboxylic acids is 1. The summed E-state index contributed by atoms with van der Waals surface area (Å²) in [7, 11) is 1.68. The molecule has 0 aromatic heterocycles. The number of carbonyl (C=O) groups is 1. The Balaban J connectivity index is 3.97. The first-order valence-electron chi connectivity index (χ1n) is 4.23. The van der Waals surface area contributed by atoms with Crippen LogP contribution in [0.5, 0.6) is 0 Å². The van der Waals surface area contributed by atoms with Gasteiger partial charge in [-0.2, -0.15) is 0 Å². The number of amides is 1. The number of nitrogens with zero attached hydrogens (tertiary/aromatic N) is 1. The molecule has 4 heteroatoms. The van der Waals surface area contributed by atoms with Crippen molar-refractivity contribution in [1.82, 2.24) is 4.90 Å². The predicted molar refractivity (Wildman–Crippen MR) is 47.6 cm³/mol. The van der Waals surface area contributed by atoms with Crippen LogP contribution in [0.2, 0.25) is 0 Å². The molecule has 1 unspecified atom stereocenters. The van der Waals surface area contributed by atoms with Gasteiger partial charge >= 0.3 is 0 Å². The fraction of sp³-hybridized carbons (Fsp3) is 0.875. The van der Waals surface area contributed by atoms with Crippen LogP contribution in [-0.4, -0.2) is 42.7 Å². The monoisotopic (exact) mass is 174 g/mol. The van der Waals surface area contributed by atoms with Crippen LogP contribution in [0.4, 0.5) is 0 Å². The van der Waals surface area contributed by atoms with E-state index in [1.165, 1.54) is 4.90 Å². The highest BCUT2D eigenvalue weighted by Crippen LogP contribution is 2.03. The van der Waals surface area contributed by atoms with E-state index < -0.39 is 0 Å². The first-order chi connectivity index (χ1) is 5.67. The molecular weight excluding hydrogens is 156 g/mol. The molecule has 0 fully saturated rings. The highest BCUT2D eigenvalue weighted by atomic mass is 16.3. The number of rotatable bonds is 5. The molecule has 0 heterocycles. The third-order valence-electron chi connectivity index (χ3n) is 1.94. The SMILES string of the molecule is CCC(CN)C(=O)N(C)CCO. The zero-order valence-corrected chi connectivity index (χ0v) is 7.79. The second kappa shape index (κ2) is 5.97. The van der Waals surface area contributed by atoms with Crippen LogP contribution in [0.3, 0.4) is 0 Å². The average molecular weight is 174 g/mol. The van der Waals surface area contributed by atoms with Gasteiger partial charge in [-0.05, 0) is 6.42 Å².